The van der Waals surface area contributed by atoms with Crippen molar-refractivity contribution in [3.63, 3.8) is 0 Å². The van der Waals surface area contributed by atoms with Crippen LogP contribution in [0.25, 0.3) is 5.69 Å². The molecule has 0 bridgehead atoms. The zero-order valence-corrected chi connectivity index (χ0v) is 11.3. The molecule has 0 amide bonds. The predicted octanol–water partition coefficient (Wildman–Crippen LogP) is 0.248. The van der Waals surface area contributed by atoms with E-state index in [0.29, 0.717) is 19.1 Å². The highest BCUT2D eigenvalue weighted by Gasteiger charge is 2.29. The first-order valence-electron chi connectivity index (χ1n) is 6.62. The molecule has 0 aliphatic carbocycles. The lowest BCUT2D eigenvalue weighted by molar-refractivity contribution is -0.0109. The van der Waals surface area contributed by atoms with Crippen molar-refractivity contribution in [3.05, 3.63) is 30.3 Å². The van der Waals surface area contributed by atoms with Crippen LogP contribution in [0.4, 0.5) is 5.95 Å². The summed E-state index contributed by atoms with van der Waals surface area (Å²) >= 11 is 0. The second-order valence-corrected chi connectivity index (χ2v) is 4.87. The molecular weight excluding hydrogens is 258 g/mol. The third kappa shape index (κ3) is 2.37. The Labute approximate surface area is 116 Å². The average molecular weight is 275 g/mol. The van der Waals surface area contributed by atoms with Crippen molar-refractivity contribution in [2.75, 3.05) is 24.7 Å². The Balaban J connectivity index is 1.92. The Morgan fingerprint density at radius 3 is 2.90 bits per heavy atom. The minimum Gasteiger partial charge on any atom is -0.394 e. The van der Waals surface area contributed by atoms with Crippen LogP contribution in [0.15, 0.2) is 30.3 Å². The maximum Gasteiger partial charge on any atom is 0.250 e. The summed E-state index contributed by atoms with van der Waals surface area (Å²) in [6.07, 6.45) is -0.202. The van der Waals surface area contributed by atoms with Crippen LogP contribution in [-0.2, 0) is 4.74 Å². The van der Waals surface area contributed by atoms with Crippen molar-refractivity contribution in [2.24, 2.45) is 0 Å². The Bertz CT molecular complexity index is 559. The lowest BCUT2D eigenvalue weighted by Gasteiger charge is -2.37. The van der Waals surface area contributed by atoms with E-state index in [1.165, 1.54) is 0 Å². The lowest BCUT2D eigenvalue weighted by atomic mass is 10.2. The van der Waals surface area contributed by atoms with E-state index in [9.17, 15) is 5.11 Å². The molecule has 0 radical (unpaired) electrons. The highest BCUT2D eigenvalue weighted by Crippen LogP contribution is 2.21. The minimum absolute atomic E-state index is 0.00385. The number of tetrazole rings is 1. The molecule has 7 heteroatoms. The first kappa shape index (κ1) is 13.0. The van der Waals surface area contributed by atoms with Gasteiger partial charge in [-0.15, -0.1) is 0 Å². The molecule has 2 atom stereocenters. The van der Waals surface area contributed by atoms with Gasteiger partial charge in [-0.05, 0) is 29.5 Å². The number of ether oxygens (including phenoxy) is 1. The summed E-state index contributed by atoms with van der Waals surface area (Å²) in [4.78, 5) is 2.07. The fraction of sp³-hybridized carbons (Fsp3) is 0.462. The minimum atomic E-state index is -0.202. The van der Waals surface area contributed by atoms with Crippen LogP contribution in [0.3, 0.4) is 0 Å². The summed E-state index contributed by atoms with van der Waals surface area (Å²) in [6.45, 7) is 3.17. The van der Waals surface area contributed by atoms with Crippen LogP contribution in [0.1, 0.15) is 6.92 Å². The molecule has 1 aromatic carbocycles. The molecule has 1 N–H and O–H groups in total. The second-order valence-electron chi connectivity index (χ2n) is 4.87. The molecule has 1 aromatic heterocycles. The Kier molecular flexibility index (Phi) is 3.62. The molecule has 1 fully saturated rings. The highest BCUT2D eigenvalue weighted by atomic mass is 16.5. The van der Waals surface area contributed by atoms with E-state index in [0.717, 1.165) is 5.69 Å². The largest absolute Gasteiger partial charge is 0.394 e. The summed E-state index contributed by atoms with van der Waals surface area (Å²) in [5.74, 6) is 0.672. The van der Waals surface area contributed by atoms with E-state index in [-0.39, 0.29) is 18.8 Å². The molecule has 3 rings (SSSR count). The van der Waals surface area contributed by atoms with Crippen LogP contribution in [0, 0.1) is 0 Å². The summed E-state index contributed by atoms with van der Waals surface area (Å²) in [5, 5.41) is 21.2. The van der Waals surface area contributed by atoms with Crippen molar-refractivity contribution >= 4 is 5.95 Å². The molecule has 2 aromatic rings. The molecular formula is C13H17N5O2. The maximum atomic E-state index is 9.27. The van der Waals surface area contributed by atoms with Crippen molar-refractivity contribution < 1.29 is 9.84 Å². The number of aromatic nitrogens is 4. The molecule has 2 heterocycles. The van der Waals surface area contributed by atoms with Crippen LogP contribution in [0.5, 0.6) is 0 Å². The van der Waals surface area contributed by atoms with E-state index in [1.54, 1.807) is 4.68 Å². The van der Waals surface area contributed by atoms with E-state index in [2.05, 4.69) is 27.3 Å². The molecule has 7 nitrogen and oxygen atoms in total. The monoisotopic (exact) mass is 275 g/mol. The van der Waals surface area contributed by atoms with Crippen molar-refractivity contribution in [1.82, 2.24) is 20.2 Å². The number of hydrogen-bond acceptors (Lipinski definition) is 6. The van der Waals surface area contributed by atoms with Crippen LogP contribution in [0.2, 0.25) is 0 Å². The van der Waals surface area contributed by atoms with Gasteiger partial charge in [-0.1, -0.05) is 23.3 Å². The van der Waals surface area contributed by atoms with Gasteiger partial charge in [0.25, 0.3) is 5.95 Å². The topological polar surface area (TPSA) is 76.3 Å². The van der Waals surface area contributed by atoms with E-state index in [4.69, 9.17) is 4.74 Å². The van der Waals surface area contributed by atoms with Gasteiger partial charge in [0, 0.05) is 6.54 Å². The van der Waals surface area contributed by atoms with E-state index in [1.807, 2.05) is 30.3 Å². The van der Waals surface area contributed by atoms with Gasteiger partial charge in [0.15, 0.2) is 0 Å². The average Bonchev–Trinajstić information content (AvgIpc) is 2.98. The Hall–Kier alpha value is -1.99. The normalized spacial score (nSPS) is 23.0. The molecule has 0 spiro atoms. The van der Waals surface area contributed by atoms with E-state index >= 15 is 0 Å². The third-order valence-electron chi connectivity index (χ3n) is 3.42. The van der Waals surface area contributed by atoms with Crippen LogP contribution >= 0.6 is 0 Å². The molecule has 106 valence electrons. The predicted molar refractivity (Wildman–Crippen MR) is 72.8 cm³/mol. The molecule has 20 heavy (non-hydrogen) atoms. The van der Waals surface area contributed by atoms with Crippen molar-refractivity contribution in [3.8, 4) is 5.69 Å². The molecule has 1 aliphatic rings. The van der Waals surface area contributed by atoms with Gasteiger partial charge in [0.1, 0.15) is 0 Å². The zero-order chi connectivity index (χ0) is 13.9. The number of para-hydroxylation sites is 1. The van der Waals surface area contributed by atoms with Crippen LogP contribution in [-0.4, -0.2) is 57.2 Å². The van der Waals surface area contributed by atoms with Gasteiger partial charge in [0.05, 0.1) is 31.0 Å². The summed E-state index contributed by atoms with van der Waals surface area (Å²) in [7, 11) is 0. The summed E-state index contributed by atoms with van der Waals surface area (Å²) in [5.41, 5.74) is 0.909. The number of hydrogen-bond donors (Lipinski definition) is 1. The molecule has 1 saturated heterocycles. The highest BCUT2D eigenvalue weighted by molar-refractivity contribution is 5.41. The van der Waals surface area contributed by atoms with Crippen LogP contribution < -0.4 is 4.90 Å². The lowest BCUT2D eigenvalue weighted by Crippen LogP contribution is -2.50. The van der Waals surface area contributed by atoms with Crippen molar-refractivity contribution in [1.29, 1.82) is 0 Å². The number of anilines is 1. The number of morpholine rings is 1. The summed E-state index contributed by atoms with van der Waals surface area (Å²) in [6, 6.07) is 9.90. The molecule has 2 unspecified atom stereocenters. The SMILES string of the molecule is CC1COC(CO)CN1c1nnnn1-c1ccccc1. The van der Waals surface area contributed by atoms with Gasteiger partial charge in [-0.2, -0.15) is 4.68 Å². The van der Waals surface area contributed by atoms with Gasteiger partial charge in [-0.3, -0.25) is 0 Å². The molecule has 0 saturated carbocycles. The fourth-order valence-corrected chi connectivity index (χ4v) is 2.30. The Morgan fingerprint density at radius 2 is 2.15 bits per heavy atom. The smallest absolute Gasteiger partial charge is 0.250 e. The number of aliphatic hydroxyl groups excluding tert-OH is 1. The summed E-state index contributed by atoms with van der Waals surface area (Å²) < 4.78 is 7.25. The molecule has 1 aliphatic heterocycles. The maximum absolute atomic E-state index is 9.27. The first-order chi connectivity index (χ1) is 9.79. The third-order valence-corrected chi connectivity index (χ3v) is 3.42. The zero-order valence-electron chi connectivity index (χ0n) is 11.3. The first-order valence-corrected chi connectivity index (χ1v) is 6.62. The standard InChI is InChI=1S/C13H17N5O2/c1-10-9-20-12(8-19)7-17(10)13-14-15-16-18(13)11-5-3-2-4-6-11/h2-6,10,12,19H,7-9H2,1H3. The fourth-order valence-electron chi connectivity index (χ4n) is 2.30. The van der Waals surface area contributed by atoms with E-state index < -0.39 is 0 Å². The quantitative estimate of drug-likeness (QED) is 0.865. The second kappa shape index (κ2) is 5.56. The van der Waals surface area contributed by atoms with Gasteiger partial charge in [0.2, 0.25) is 0 Å². The number of nitrogens with zero attached hydrogens (tertiary/aromatic N) is 5. The number of aliphatic hydroxyl groups is 1. The number of rotatable bonds is 3. The Morgan fingerprint density at radius 1 is 1.35 bits per heavy atom. The van der Waals surface area contributed by atoms with Gasteiger partial charge >= 0.3 is 0 Å². The van der Waals surface area contributed by atoms with Crippen molar-refractivity contribution in [2.45, 2.75) is 19.1 Å². The number of benzene rings is 1. The van der Waals surface area contributed by atoms with Gasteiger partial charge in [-0.25, -0.2) is 0 Å². The van der Waals surface area contributed by atoms with Gasteiger partial charge < -0.3 is 14.7 Å².